The van der Waals surface area contributed by atoms with Crippen LogP contribution in [0, 0.1) is 17.8 Å². The third-order valence-corrected chi connectivity index (χ3v) is 7.97. The highest BCUT2D eigenvalue weighted by atomic mass is 32.2. The lowest BCUT2D eigenvalue weighted by atomic mass is 9.67. The van der Waals surface area contributed by atoms with Crippen LogP contribution in [0.15, 0.2) is 0 Å². The first-order valence-corrected chi connectivity index (χ1v) is 11.9. The third kappa shape index (κ3) is 5.68. The molecule has 2 bridgehead atoms. The predicted octanol–water partition coefficient (Wildman–Crippen LogP) is 2.65. The number of carbonyl (C=O) groups is 1. The van der Waals surface area contributed by atoms with E-state index in [1.807, 2.05) is 4.90 Å². The molecule has 0 radical (unpaired) electrons. The van der Waals surface area contributed by atoms with Gasteiger partial charge in [0.25, 0.3) is 0 Å². The molecule has 2 saturated carbocycles. The molecule has 0 spiro atoms. The van der Waals surface area contributed by atoms with E-state index in [4.69, 9.17) is 4.74 Å². The SMILES string of the molecule is CCC(CC1CC2CCCC(C2)C1)OC(=O)CN1CCS(=O)(=O)CC1. The Bertz CT molecular complexity index is 536. The van der Waals surface area contributed by atoms with Crippen LogP contribution in [0.3, 0.4) is 0 Å². The van der Waals surface area contributed by atoms with Crippen molar-refractivity contribution in [2.75, 3.05) is 31.1 Å². The molecule has 5 nitrogen and oxygen atoms in total. The largest absolute Gasteiger partial charge is 0.461 e. The number of carbonyl (C=O) groups excluding carboxylic acids is 1. The summed E-state index contributed by atoms with van der Waals surface area (Å²) < 4.78 is 28.7. The van der Waals surface area contributed by atoms with Crippen LogP contribution in [0.5, 0.6) is 0 Å². The highest BCUT2D eigenvalue weighted by molar-refractivity contribution is 7.91. The van der Waals surface area contributed by atoms with Gasteiger partial charge >= 0.3 is 5.97 Å². The van der Waals surface area contributed by atoms with Crippen molar-refractivity contribution in [1.82, 2.24) is 4.90 Å². The van der Waals surface area contributed by atoms with E-state index in [9.17, 15) is 13.2 Å². The molecule has 1 aliphatic heterocycles. The van der Waals surface area contributed by atoms with Gasteiger partial charge in [-0.3, -0.25) is 9.69 Å². The van der Waals surface area contributed by atoms with Gasteiger partial charge in [-0.2, -0.15) is 0 Å². The minimum Gasteiger partial charge on any atom is -0.461 e. The maximum atomic E-state index is 12.3. The molecule has 6 heteroatoms. The number of hydrogen-bond acceptors (Lipinski definition) is 5. The van der Waals surface area contributed by atoms with E-state index < -0.39 is 9.84 Å². The second-order valence-corrected chi connectivity index (χ2v) is 10.7. The lowest BCUT2D eigenvalue weighted by molar-refractivity contribution is -0.151. The van der Waals surface area contributed by atoms with Gasteiger partial charge in [-0.1, -0.05) is 26.2 Å². The van der Waals surface area contributed by atoms with Crippen LogP contribution in [0.25, 0.3) is 0 Å². The van der Waals surface area contributed by atoms with E-state index >= 15 is 0 Å². The van der Waals surface area contributed by atoms with Crippen molar-refractivity contribution >= 4 is 15.8 Å². The Labute approximate surface area is 152 Å². The van der Waals surface area contributed by atoms with Crippen molar-refractivity contribution in [3.63, 3.8) is 0 Å². The summed E-state index contributed by atoms with van der Waals surface area (Å²) in [6.45, 7) is 3.21. The van der Waals surface area contributed by atoms with Crippen LogP contribution in [-0.2, 0) is 19.4 Å². The van der Waals surface area contributed by atoms with E-state index in [-0.39, 0.29) is 30.1 Å². The molecule has 3 rings (SSSR count). The molecule has 3 fully saturated rings. The lowest BCUT2D eigenvalue weighted by Gasteiger charge is -2.40. The second-order valence-electron chi connectivity index (χ2n) is 8.42. The van der Waals surface area contributed by atoms with Gasteiger partial charge in [-0.15, -0.1) is 0 Å². The molecule has 1 heterocycles. The normalized spacial score (nSPS) is 33.6. The van der Waals surface area contributed by atoms with Crippen molar-refractivity contribution in [2.45, 2.75) is 64.4 Å². The number of ether oxygens (including phenoxy) is 1. The Kier molecular flexibility index (Phi) is 6.42. The summed E-state index contributed by atoms with van der Waals surface area (Å²) in [5, 5.41) is 0. The van der Waals surface area contributed by atoms with Crippen LogP contribution >= 0.6 is 0 Å². The average molecular weight is 372 g/mol. The van der Waals surface area contributed by atoms with Crippen molar-refractivity contribution in [2.24, 2.45) is 17.8 Å². The molecule has 144 valence electrons. The molecular weight excluding hydrogens is 338 g/mol. The van der Waals surface area contributed by atoms with Gasteiger partial charge in [-0.25, -0.2) is 8.42 Å². The summed E-state index contributed by atoms with van der Waals surface area (Å²) in [4.78, 5) is 14.2. The highest BCUT2D eigenvalue weighted by Gasteiger charge is 2.33. The standard InChI is InChI=1S/C19H33NO4S/c1-2-18(13-17-11-15-4-3-5-16(10-15)12-17)24-19(21)14-20-6-8-25(22,23)9-7-20/h15-18H,2-14H2,1H3. The quantitative estimate of drug-likeness (QED) is 0.672. The first kappa shape index (κ1) is 19.2. The van der Waals surface area contributed by atoms with Gasteiger partial charge in [-0.05, 0) is 49.9 Å². The summed E-state index contributed by atoms with van der Waals surface area (Å²) in [5.41, 5.74) is 0. The summed E-state index contributed by atoms with van der Waals surface area (Å²) in [6.07, 6.45) is 10.1. The van der Waals surface area contributed by atoms with Gasteiger partial charge < -0.3 is 4.74 Å². The van der Waals surface area contributed by atoms with Crippen LogP contribution in [0.2, 0.25) is 0 Å². The Morgan fingerprint density at radius 3 is 2.36 bits per heavy atom. The summed E-state index contributed by atoms with van der Waals surface area (Å²) in [5.74, 6) is 2.64. The van der Waals surface area contributed by atoms with Crippen molar-refractivity contribution in [3.05, 3.63) is 0 Å². The average Bonchev–Trinajstić information content (AvgIpc) is 2.56. The molecule has 3 unspecified atom stereocenters. The zero-order valence-electron chi connectivity index (χ0n) is 15.5. The molecular formula is C19H33NO4S. The first-order valence-electron chi connectivity index (χ1n) is 10.1. The molecule has 0 aromatic carbocycles. The highest BCUT2D eigenvalue weighted by Crippen LogP contribution is 2.44. The van der Waals surface area contributed by atoms with E-state index in [0.29, 0.717) is 19.0 Å². The number of rotatable bonds is 6. The Hall–Kier alpha value is -0.620. The minimum absolute atomic E-state index is 0.0184. The number of esters is 1. The predicted molar refractivity (Wildman–Crippen MR) is 98.1 cm³/mol. The first-order chi connectivity index (χ1) is 11.9. The molecule has 25 heavy (non-hydrogen) atoms. The molecule has 0 amide bonds. The monoisotopic (exact) mass is 371 g/mol. The number of fused-ring (bicyclic) bond motifs is 2. The Balaban J connectivity index is 1.43. The molecule has 0 aromatic rings. The van der Waals surface area contributed by atoms with Crippen molar-refractivity contribution < 1.29 is 17.9 Å². The smallest absolute Gasteiger partial charge is 0.320 e. The molecule has 0 N–H and O–H groups in total. The fraction of sp³-hybridized carbons (Fsp3) is 0.947. The number of hydrogen-bond donors (Lipinski definition) is 0. The maximum absolute atomic E-state index is 12.3. The molecule has 3 atom stereocenters. The van der Waals surface area contributed by atoms with Crippen LogP contribution in [0.4, 0.5) is 0 Å². The second kappa shape index (κ2) is 8.38. The maximum Gasteiger partial charge on any atom is 0.320 e. The topological polar surface area (TPSA) is 63.7 Å². The fourth-order valence-electron chi connectivity index (χ4n) is 5.05. The molecule has 1 saturated heterocycles. The Morgan fingerprint density at radius 1 is 1.12 bits per heavy atom. The number of sulfone groups is 1. The molecule has 3 aliphatic rings. The lowest BCUT2D eigenvalue weighted by Crippen LogP contribution is -2.43. The van der Waals surface area contributed by atoms with Crippen molar-refractivity contribution in [3.8, 4) is 0 Å². The molecule has 0 aromatic heterocycles. The van der Waals surface area contributed by atoms with Gasteiger partial charge in [0.15, 0.2) is 9.84 Å². The van der Waals surface area contributed by atoms with Gasteiger partial charge in [0.05, 0.1) is 18.1 Å². The summed E-state index contributed by atoms with van der Waals surface area (Å²) in [7, 11) is -2.90. The van der Waals surface area contributed by atoms with Gasteiger partial charge in [0.2, 0.25) is 0 Å². The van der Waals surface area contributed by atoms with Crippen LogP contribution in [0.1, 0.15) is 58.3 Å². The fourth-order valence-corrected chi connectivity index (χ4v) is 6.32. The Morgan fingerprint density at radius 2 is 1.76 bits per heavy atom. The van der Waals surface area contributed by atoms with E-state index in [1.165, 1.54) is 38.5 Å². The van der Waals surface area contributed by atoms with E-state index in [0.717, 1.165) is 24.7 Å². The summed E-state index contributed by atoms with van der Waals surface area (Å²) in [6, 6.07) is 0. The van der Waals surface area contributed by atoms with E-state index in [1.54, 1.807) is 0 Å². The van der Waals surface area contributed by atoms with Gasteiger partial charge in [0, 0.05) is 13.1 Å². The summed E-state index contributed by atoms with van der Waals surface area (Å²) >= 11 is 0. The minimum atomic E-state index is -2.90. The number of nitrogens with zero attached hydrogens (tertiary/aromatic N) is 1. The van der Waals surface area contributed by atoms with E-state index in [2.05, 4.69) is 6.92 Å². The zero-order chi connectivity index (χ0) is 17.9. The van der Waals surface area contributed by atoms with Crippen LogP contribution in [-0.4, -0.2) is 56.5 Å². The van der Waals surface area contributed by atoms with Crippen molar-refractivity contribution in [1.29, 1.82) is 0 Å². The molecule has 2 aliphatic carbocycles. The third-order valence-electron chi connectivity index (χ3n) is 6.36. The van der Waals surface area contributed by atoms with Crippen LogP contribution < -0.4 is 0 Å². The zero-order valence-corrected chi connectivity index (χ0v) is 16.3. The van der Waals surface area contributed by atoms with Gasteiger partial charge in [0.1, 0.15) is 6.10 Å².